The molecule has 1 N–H and O–H groups in total. The first-order chi connectivity index (χ1) is 11.2. The summed E-state index contributed by atoms with van der Waals surface area (Å²) in [7, 11) is 1.29. The zero-order valence-electron chi connectivity index (χ0n) is 12.5. The van der Waals surface area contributed by atoms with Gasteiger partial charge >= 0.3 is 5.97 Å². The number of carbonyl (C=O) groups is 1. The maximum atomic E-state index is 11.9. The third kappa shape index (κ3) is 3.08. The van der Waals surface area contributed by atoms with Crippen LogP contribution in [0, 0.1) is 0 Å². The molecule has 0 atom stereocenters. The minimum Gasteiger partial charge on any atom is -0.492 e. The lowest BCUT2D eigenvalue weighted by Crippen LogP contribution is -2.14. The van der Waals surface area contributed by atoms with Crippen molar-refractivity contribution in [1.82, 2.24) is 14.8 Å². The van der Waals surface area contributed by atoms with Gasteiger partial charge in [0.1, 0.15) is 23.6 Å². The van der Waals surface area contributed by atoms with Gasteiger partial charge in [0.25, 0.3) is 5.56 Å². The summed E-state index contributed by atoms with van der Waals surface area (Å²) in [5.41, 5.74) is 0.543. The molecule has 1 aromatic carbocycles. The average molecular weight is 313 g/mol. The number of nitrogens with one attached hydrogen (secondary N) is 1. The van der Waals surface area contributed by atoms with Crippen LogP contribution in [-0.4, -0.2) is 34.5 Å². The molecule has 0 aromatic heterocycles. The Morgan fingerprint density at radius 1 is 1.26 bits per heavy atom. The van der Waals surface area contributed by atoms with Crippen molar-refractivity contribution in [3.63, 3.8) is 0 Å². The topological polar surface area (TPSA) is 86.2 Å². The Labute approximate surface area is 131 Å². The number of benzene rings is 1. The summed E-state index contributed by atoms with van der Waals surface area (Å²) in [5.74, 6) is 0.218. The van der Waals surface area contributed by atoms with Crippen molar-refractivity contribution in [2.75, 3.05) is 13.7 Å². The Morgan fingerprint density at radius 3 is 2.78 bits per heavy atom. The molecule has 0 bridgehead atoms. The van der Waals surface area contributed by atoms with Crippen molar-refractivity contribution in [2.45, 2.75) is 6.54 Å². The predicted octanol–water partition coefficient (Wildman–Crippen LogP) is 1.54. The van der Waals surface area contributed by atoms with Crippen molar-refractivity contribution in [3.8, 4) is 17.0 Å². The second kappa shape index (κ2) is 6.35. The van der Waals surface area contributed by atoms with Gasteiger partial charge in [-0.15, -0.1) is 0 Å². The van der Waals surface area contributed by atoms with Gasteiger partial charge in [0, 0.05) is 12.4 Å². The maximum Gasteiger partial charge on any atom is 0.341 e. The van der Waals surface area contributed by atoms with E-state index in [1.807, 2.05) is 30.3 Å². The third-order valence-corrected chi connectivity index (χ3v) is 3.38. The van der Waals surface area contributed by atoms with E-state index in [4.69, 9.17) is 9.47 Å². The fourth-order valence-electron chi connectivity index (χ4n) is 2.26. The Morgan fingerprint density at radius 2 is 2.04 bits per heavy atom. The number of aromatic nitrogens is 3. The number of H-pyrrole nitrogens is 1. The highest BCUT2D eigenvalue weighted by Crippen LogP contribution is 2.20. The fraction of sp³-hybridized carbons (Fsp3) is 0.188. The number of nitrogens with zero attached hydrogens (tertiary/aromatic N) is 2. The van der Waals surface area contributed by atoms with Crippen LogP contribution in [-0.2, 0) is 11.3 Å². The largest absolute Gasteiger partial charge is 0.492 e. The quantitative estimate of drug-likeness (QED) is 0.722. The molecule has 0 amide bonds. The molecule has 0 fully saturated rings. The molecule has 2 heterocycles. The van der Waals surface area contributed by atoms with Gasteiger partial charge in [0.05, 0.1) is 19.2 Å². The molecule has 7 heteroatoms. The van der Waals surface area contributed by atoms with Crippen LogP contribution in [0.15, 0.2) is 47.5 Å². The number of para-hydroxylation sites is 1. The summed E-state index contributed by atoms with van der Waals surface area (Å²) >= 11 is 0. The van der Waals surface area contributed by atoms with Crippen LogP contribution in [0.5, 0.6) is 5.75 Å². The molecule has 2 aliphatic heterocycles. The van der Waals surface area contributed by atoms with Crippen LogP contribution in [0.4, 0.5) is 0 Å². The predicted molar refractivity (Wildman–Crippen MR) is 82.7 cm³/mol. The van der Waals surface area contributed by atoms with E-state index in [-0.39, 0.29) is 11.1 Å². The minimum absolute atomic E-state index is 0.239. The standard InChI is InChI=1S/C16H15N3O4/c1-22-16(21)13-10-19(9-12-14(13)17-18-15(12)20)7-8-23-11-5-3-2-4-6-11/h2-6,9-10H,7-8H2,1H3,(H,18,20). The number of methoxy groups -OCH3 is 1. The van der Waals surface area contributed by atoms with E-state index >= 15 is 0 Å². The molecule has 118 valence electrons. The van der Waals surface area contributed by atoms with Gasteiger partial charge in [0.2, 0.25) is 0 Å². The number of fused-ring (bicyclic) bond motifs is 1. The van der Waals surface area contributed by atoms with E-state index in [9.17, 15) is 9.59 Å². The zero-order valence-corrected chi connectivity index (χ0v) is 12.5. The van der Waals surface area contributed by atoms with Crippen molar-refractivity contribution >= 4 is 5.97 Å². The van der Waals surface area contributed by atoms with Crippen molar-refractivity contribution in [3.05, 3.63) is 58.6 Å². The number of aromatic amines is 1. The lowest BCUT2D eigenvalue weighted by Gasteiger charge is -2.12. The Hall–Kier alpha value is -3.09. The van der Waals surface area contributed by atoms with Gasteiger partial charge in [-0.3, -0.25) is 4.79 Å². The first-order valence-corrected chi connectivity index (χ1v) is 7.03. The molecule has 3 rings (SSSR count). The molecule has 23 heavy (non-hydrogen) atoms. The lowest BCUT2D eigenvalue weighted by molar-refractivity contribution is 0.0600. The molecule has 0 aliphatic carbocycles. The number of hydrogen-bond acceptors (Lipinski definition) is 5. The monoisotopic (exact) mass is 313 g/mol. The van der Waals surface area contributed by atoms with Crippen molar-refractivity contribution in [2.24, 2.45) is 0 Å². The number of ether oxygens (including phenoxy) is 2. The minimum atomic E-state index is -0.542. The maximum absolute atomic E-state index is 11.9. The second-order valence-electron chi connectivity index (χ2n) is 4.88. The summed E-state index contributed by atoms with van der Waals surface area (Å²) in [6, 6.07) is 9.41. The van der Waals surface area contributed by atoms with Crippen LogP contribution < -0.4 is 10.3 Å². The number of pyridine rings is 1. The normalized spacial score (nSPS) is 10.7. The van der Waals surface area contributed by atoms with E-state index in [2.05, 4.69) is 10.2 Å². The Balaban J connectivity index is 1.83. The van der Waals surface area contributed by atoms with Crippen molar-refractivity contribution < 1.29 is 14.3 Å². The van der Waals surface area contributed by atoms with E-state index < -0.39 is 5.97 Å². The lowest BCUT2D eigenvalue weighted by atomic mass is 10.1. The van der Waals surface area contributed by atoms with Gasteiger partial charge in [-0.05, 0) is 12.1 Å². The van der Waals surface area contributed by atoms with E-state index in [1.165, 1.54) is 7.11 Å². The SMILES string of the molecule is COC(=O)c1cn(CCOc2ccccc2)cc2c(=O)[nH]nc1-2. The van der Waals surface area contributed by atoms with Gasteiger partial charge in [-0.1, -0.05) is 18.2 Å². The van der Waals surface area contributed by atoms with Gasteiger partial charge in [-0.25, -0.2) is 9.89 Å². The summed E-state index contributed by atoms with van der Waals surface area (Å²) < 4.78 is 12.1. The molecule has 0 unspecified atom stereocenters. The molecule has 0 spiro atoms. The van der Waals surface area contributed by atoms with Gasteiger partial charge < -0.3 is 14.0 Å². The number of esters is 1. The highest BCUT2D eigenvalue weighted by molar-refractivity contribution is 5.95. The highest BCUT2D eigenvalue weighted by atomic mass is 16.5. The molecule has 0 saturated heterocycles. The summed E-state index contributed by atoms with van der Waals surface area (Å²) in [5, 5.41) is 6.22. The van der Waals surface area contributed by atoms with E-state index in [0.717, 1.165) is 5.75 Å². The van der Waals surface area contributed by atoms with Gasteiger partial charge in [-0.2, -0.15) is 5.10 Å². The van der Waals surface area contributed by atoms with Crippen molar-refractivity contribution in [1.29, 1.82) is 0 Å². The Bertz CT molecular complexity index is 838. The number of hydrogen-bond donors (Lipinski definition) is 1. The fourth-order valence-corrected chi connectivity index (χ4v) is 2.26. The van der Waals surface area contributed by atoms with Crippen LogP contribution >= 0.6 is 0 Å². The van der Waals surface area contributed by atoms with Gasteiger partial charge in [0.15, 0.2) is 0 Å². The summed E-state index contributed by atoms with van der Waals surface area (Å²) in [4.78, 5) is 23.6. The number of carbonyl (C=O) groups excluding carboxylic acids is 1. The molecule has 0 saturated carbocycles. The van der Waals surface area contributed by atoms with Crippen LogP contribution in [0.3, 0.4) is 0 Å². The smallest absolute Gasteiger partial charge is 0.341 e. The Kier molecular flexibility index (Phi) is 4.09. The number of rotatable bonds is 5. The zero-order chi connectivity index (χ0) is 16.2. The average Bonchev–Trinajstić information content (AvgIpc) is 2.96. The van der Waals surface area contributed by atoms with E-state index in [0.29, 0.717) is 24.4 Å². The molecule has 0 radical (unpaired) electrons. The first-order valence-electron chi connectivity index (χ1n) is 7.03. The highest BCUT2D eigenvalue weighted by Gasteiger charge is 2.21. The summed E-state index contributed by atoms with van der Waals surface area (Å²) in [6.07, 6.45) is 3.24. The van der Waals surface area contributed by atoms with E-state index in [1.54, 1.807) is 17.0 Å². The first kappa shape index (κ1) is 14.8. The third-order valence-electron chi connectivity index (χ3n) is 3.38. The van der Waals surface area contributed by atoms with Crippen LogP contribution in [0.2, 0.25) is 0 Å². The van der Waals surface area contributed by atoms with Crippen LogP contribution in [0.1, 0.15) is 10.4 Å². The second-order valence-corrected chi connectivity index (χ2v) is 4.88. The molecular weight excluding hydrogens is 298 g/mol. The molecule has 2 aliphatic rings. The van der Waals surface area contributed by atoms with Crippen LogP contribution in [0.25, 0.3) is 11.3 Å². The summed E-state index contributed by atoms with van der Waals surface area (Å²) in [6.45, 7) is 0.867. The molecule has 7 nitrogen and oxygen atoms in total. The molecule has 1 aromatic rings. The molecular formula is C16H15N3O4.